The third kappa shape index (κ3) is 3.73. The van der Waals surface area contributed by atoms with Crippen molar-refractivity contribution >= 4 is 11.8 Å². The molecule has 3 aliphatic carbocycles. The quantitative estimate of drug-likeness (QED) is 0.279. The van der Waals surface area contributed by atoms with Gasteiger partial charge in [0.05, 0.1) is 0 Å². The fourth-order valence-electron chi connectivity index (χ4n) is 11.8. The molecule has 2 amide bonds. The van der Waals surface area contributed by atoms with E-state index in [1.165, 1.54) is 5.57 Å². The average molecular weight is 1040 g/mol. The number of hydrogen-bond acceptors (Lipinski definition) is 2. The summed E-state index contributed by atoms with van der Waals surface area (Å²) in [4.78, 5) is 27.2. The van der Waals surface area contributed by atoms with Crippen LogP contribution in [0.4, 0.5) is 0 Å². The Kier molecular flexibility index (Phi) is 7.55. The molecule has 0 bridgehead atoms. The summed E-state index contributed by atoms with van der Waals surface area (Å²) in [7, 11) is 0. The first-order valence-electron chi connectivity index (χ1n) is 16.2. The third-order valence-corrected chi connectivity index (χ3v) is 14.2. The molecule has 0 aromatic carbocycles. The van der Waals surface area contributed by atoms with E-state index in [-0.39, 0.29) is 396 Å². The molecular weight excluding hydrogens is 480 g/mol. The fraction of sp³-hybridized carbons (Fsp3) is 0.886. The molecule has 2 N–H and O–H groups in total. The Labute approximate surface area is 605 Å². The van der Waals surface area contributed by atoms with Gasteiger partial charge in [-0.2, -0.15) is 0 Å². The first kappa shape index (κ1) is 30.6. The Morgan fingerprint density at radius 2 is 1.67 bits per heavy atom. The number of carbonyl (C=O) groups excluding carboxylic acids is 2. The van der Waals surface area contributed by atoms with Crippen LogP contribution in [0.5, 0.6) is 0 Å². The first-order valence-corrected chi connectivity index (χ1v) is 16.2. The van der Waals surface area contributed by atoms with Gasteiger partial charge in [0.15, 0.2) is 0 Å². The van der Waals surface area contributed by atoms with E-state index in [4.69, 9.17) is 0 Å². The van der Waals surface area contributed by atoms with E-state index < -0.39 is 0 Å². The Hall–Kier alpha value is -1.32. The maximum absolute atomic E-state index is 14.5. The molecule has 0 saturated heterocycles. The molecule has 4 nitrogen and oxygen atoms in total. The van der Waals surface area contributed by atoms with Gasteiger partial charge >= 0.3 is 0 Å². The van der Waals surface area contributed by atoms with Gasteiger partial charge < -0.3 is 10.6 Å². The SMILES string of the molecule is CCC(C)(NC(=O)[C@H]1CC[C@H]2[C@@H]3CC[C@H]4NC(=O)C=C(C)[C@]4(C(C)C)[C@H]3C(C)(C)C(C)(C)[C@]12C(C)C)C(C)C.[HH].[HH].[HH].[HH].[HH].[HH].[HH].[HH].[HH].[HH].[HH].[HH].[HH].[HH].[HH].[HH].[HH].[HH].[HH].[HH].[HH].[HH].[HH].[HH].[HH].[HH].[HH].[HH].[HH].[HH].[HH].[HH].[HH].[HH].[HH].[HH].[HH].[HH].[HH].[HH].[HH].[HH].[HH].[HH].[HH].[HH].[HH].[HH].[HH].[HH].[HH].[HH].[HH].[HH].[HH].[HH].[HH].[HH].[HH].[HH].[HH].[HH].[HH].[HH].[HH].[HH].[HH].[HH].[HH].[HH].[HH].[HH].[HH].[HH].[HH].[HH].[HH].[HH].[HH].[HH].[HH].[HH].[HH].[HH].[HH].[HH].[HH].[HH].[HH].[HH].[HH].[HH].[HH].[HH].[HH].[HH].[HH].[HH].[HH].[HH].[HH].[HH].[HH].[HH].[HH].[HH].[HH].[HH].[HH].[HH].[HH].[HH].[HH].[HH].[HH].[HH].[HH].[HH].[HH].[HH].[HH].[HH].[HH].[HH].[HH].[HH].[HH].[HH].[HH].[HH].[HH].[HH].[HH].[HH].[HH].[HH].[HH].[HH].[HH].[HH].[HH].[HH].[HH].[HH].[HH].[HH].[HH].[HH].[HH].[HH].[HH].[HH].[HH].[HH].[HH].[HH].[HH].[HH].[HH].[HH].[HH].[HH].[HH].[HH].[HH].[HH].[HH].[HH].[HH].[HH].[HH].[HH].[HH].[HH].[HH].[HH].[HH].[HH].[HH].[HH].[HH].[HH].[HH].[HH].[HH].[HH].[HH].[HH].[HH].[HH].[HH].[HH].[HH].[HH].[HH].[HH].[HH].[HH].[HH].[HH].[HH].[HH].[HH].[HH].[HH].[HH].[HH].[HH].[HH].[HH].[HH].[HH].[HH].[HH].[HH].[HH].[HH].[HH].[HH].[HH].[HH].[HH].[HH].[HH].[HH].[HH].[HH].[HH].[HH].[HH].[HH].[HH].[HH].[HH].[HH].[HH].[HH].[HH].[HH].[HH].[HH].[HH].[HH].[HH].[HH].[HH]. The lowest BCUT2D eigenvalue weighted by Crippen LogP contribution is -2.73. The van der Waals surface area contributed by atoms with Crippen LogP contribution in [0.3, 0.4) is 0 Å². The lowest BCUT2D eigenvalue weighted by atomic mass is 9.30. The van der Waals surface area contributed by atoms with Gasteiger partial charge in [-0.15, -0.1) is 0 Å². The number of nitrogens with one attached hydrogen (secondary N) is 2. The largest absolute Gasteiger partial charge is 0.350 e. The molecule has 1 heterocycles. The predicted octanol–water partition coefficient (Wildman–Crippen LogP) is 68.3. The molecule has 0 radical (unpaired) electrons. The molecule has 4 rings (SSSR count). The predicted molar refractivity (Wildman–Crippen MR) is 682 cm³/mol. The second kappa shape index (κ2) is 9.62. The molecule has 1 unspecified atom stereocenters. The molecule has 8 atom stereocenters. The van der Waals surface area contributed by atoms with Gasteiger partial charge in [-0.1, -0.05) is 81.7 Å². The van der Waals surface area contributed by atoms with Crippen molar-refractivity contribution in [3.63, 3.8) is 0 Å². The molecule has 4 heteroatoms. The van der Waals surface area contributed by atoms with Crippen molar-refractivity contribution < 1.29 is 361 Å². The van der Waals surface area contributed by atoms with Crippen LogP contribution >= 0.6 is 0 Å². The van der Waals surface area contributed by atoms with Crippen molar-refractivity contribution in [1.29, 1.82) is 0 Å². The summed E-state index contributed by atoms with van der Waals surface area (Å²) in [5, 5.41) is 7.07. The zero-order valence-electron chi connectivity index (χ0n) is 27.5. The zero-order valence-corrected chi connectivity index (χ0v) is 27.5. The zero-order chi connectivity index (χ0) is 29.5. The van der Waals surface area contributed by atoms with Crippen LogP contribution in [0.2, 0.25) is 0 Å². The molecule has 1 aliphatic heterocycles. The topological polar surface area (TPSA) is 58.2 Å². The number of amides is 2. The third-order valence-electron chi connectivity index (χ3n) is 14.2. The summed E-state index contributed by atoms with van der Waals surface area (Å²) in [5.74, 6) is 3.12. The smallest absolute Gasteiger partial charge is 0.244 e. The minimum absolute atomic E-state index is 0. The van der Waals surface area contributed by atoms with Gasteiger partial charge in [-0.05, 0) is 97.7 Å². The standard InChI is InChI=1S/C35H60N2O2.246H2/c1-14-33(13,20(2)3)37-30(39)26-17-16-25-24-15-18-27-34(21(4)5,23(8)19-28(38)36-27)29(24)31(9,10)32(11,12)35(25,26)22(6)7;;;;;;;;;;;;;;;;;;;;;;;;;;;;;;;;;;;;;;;;;;;;;;;;;;;;;;;;;;;;;;;;;;;;;;;;;;;;;;;;;;;;;;;;;;;;;;;;;;;;;;;;;;;;;;;;;;;;;;;;;;;;;;;;;;;;;;;;;;;;;;;;;;;;;;;;;;;;;;;;;;;;;;;;;;;;;;;;;;;;;;;;;;;;;;;;;;;;;;;;;;;;;;;;;;;;;;;;;;;;;;;;;;;;;;;;;;;;;;;;;;;;;;/h19-22,24-27,29H,14-18H2,1-13H3,(H,36,38)(H,37,39);246*1H/t24-,25-,26+,27+,29+,33?,34-,35-;;;;;;;;;;;;;;;;;;;;;;;;;;;;;;;;;;;;;;;;;;;;;;;;;;;;;;;;;;;;;;;;;;;;;;;;;;;;;;;;;;;;;;;;;;;;;;;;;;;;;;;;;;;;;;;;;;;;;;;;;;;;;;;;;;;;;;;;;;;;;;;;;;;;;;;;;;;;;;;;;;;;;;;;;;;;;;;;;;;;;;;;;;;;;;;;;;;;;;;;;;;;;;;;;;;;;;;;;;;;;;;;;;;;;;;;;;;;;;;;;;;;;;/m0....................................................................................................................................................................................................................................................../s1. The summed E-state index contributed by atoms with van der Waals surface area (Å²) in [6.45, 7) is 30.8. The monoisotopic (exact) mass is 1040 g/mol. The highest BCUT2D eigenvalue weighted by Crippen LogP contribution is 2.79. The molecule has 0 spiro atoms. The van der Waals surface area contributed by atoms with Crippen molar-refractivity contribution in [2.45, 2.75) is 134 Å². The number of carbonyl (C=O) groups is 2. The van der Waals surface area contributed by atoms with Crippen molar-refractivity contribution in [3.8, 4) is 0 Å². The van der Waals surface area contributed by atoms with E-state index in [0.717, 1.165) is 32.1 Å². The Morgan fingerprint density at radius 1 is 1.05 bits per heavy atom. The van der Waals surface area contributed by atoms with Gasteiger partial charge in [0.2, 0.25) is 11.8 Å². The van der Waals surface area contributed by atoms with E-state index >= 15 is 0 Å². The van der Waals surface area contributed by atoms with Crippen LogP contribution in [-0.4, -0.2) is 23.4 Å². The Balaban J connectivity index is -0.000000000298. The lowest BCUT2D eigenvalue weighted by molar-refractivity contribution is -0.256. The fourth-order valence-corrected chi connectivity index (χ4v) is 11.8. The second-order valence-electron chi connectivity index (χ2n) is 16.3. The molecule has 39 heavy (non-hydrogen) atoms. The summed E-state index contributed by atoms with van der Waals surface area (Å²) >= 11 is 0. The second-order valence-corrected chi connectivity index (χ2v) is 16.3. The summed E-state index contributed by atoms with van der Waals surface area (Å²) < 4.78 is 0. The molecule has 3 saturated carbocycles. The van der Waals surface area contributed by atoms with Crippen LogP contribution in [0.15, 0.2) is 11.6 Å². The highest BCUT2D eigenvalue weighted by molar-refractivity contribution is 5.90. The molecular formula is C35H552N2O2. The first-order chi connectivity index (χ1) is 17.9. The Bertz CT molecular complexity index is 1190. The molecule has 0 aromatic heterocycles. The maximum Gasteiger partial charge on any atom is 0.244 e. The summed E-state index contributed by atoms with van der Waals surface area (Å²) in [6.07, 6.45) is 7.15. The highest BCUT2D eigenvalue weighted by Gasteiger charge is 2.76. The van der Waals surface area contributed by atoms with Gasteiger partial charge in [-0.3, -0.25) is 9.59 Å². The van der Waals surface area contributed by atoms with Crippen molar-refractivity contribution in [3.05, 3.63) is 11.6 Å². The van der Waals surface area contributed by atoms with Crippen molar-refractivity contribution in [1.82, 2.24) is 10.6 Å². The van der Waals surface area contributed by atoms with Crippen LogP contribution in [0, 0.1) is 63.1 Å². The van der Waals surface area contributed by atoms with Crippen molar-refractivity contribution in [2.75, 3.05) is 0 Å². The van der Waals surface area contributed by atoms with E-state index in [9.17, 15) is 9.59 Å². The molecule has 714 valence electrons. The molecule has 3 fully saturated rings. The normalized spacial score (nSPS) is 40.4. The van der Waals surface area contributed by atoms with E-state index in [1.807, 2.05) is 6.08 Å². The van der Waals surface area contributed by atoms with Crippen molar-refractivity contribution in [2.24, 2.45) is 63.1 Å². The number of hydrogen-bond donors (Lipinski definition) is 2. The molecule has 4 aliphatic rings. The minimum atomic E-state index is -0.188. The summed E-state index contributed by atoms with van der Waals surface area (Å²) in [5.41, 5.74) is 0.849. The summed E-state index contributed by atoms with van der Waals surface area (Å²) in [6, 6.07) is 0.190. The Morgan fingerprint density at radius 3 is 2.18 bits per heavy atom. The minimum Gasteiger partial charge on any atom is -0.350 e. The van der Waals surface area contributed by atoms with Crippen LogP contribution in [0.1, 0.15) is 473 Å². The molecule has 0 aromatic rings. The van der Waals surface area contributed by atoms with E-state index in [2.05, 4.69) is 101 Å². The van der Waals surface area contributed by atoms with Crippen LogP contribution in [-0.2, 0) is 9.59 Å². The lowest BCUT2D eigenvalue weighted by Gasteiger charge is -2.75. The van der Waals surface area contributed by atoms with E-state index in [1.54, 1.807) is 0 Å². The van der Waals surface area contributed by atoms with E-state index in [0.29, 0.717) is 41.4 Å². The number of rotatable bonds is 6. The highest BCUT2D eigenvalue weighted by atomic mass is 16.2. The maximum atomic E-state index is 14.5. The van der Waals surface area contributed by atoms with Gasteiger partial charge in [0.25, 0.3) is 0 Å². The van der Waals surface area contributed by atoms with Gasteiger partial charge in [0, 0.05) is 380 Å². The van der Waals surface area contributed by atoms with Crippen LogP contribution in [0.25, 0.3) is 0 Å². The number of fused-ring (bicyclic) bond motifs is 5. The van der Waals surface area contributed by atoms with Gasteiger partial charge in [0.1, 0.15) is 0 Å². The average Bonchev–Trinajstić information content (AvgIpc) is 3.24. The van der Waals surface area contributed by atoms with Crippen LogP contribution < -0.4 is 10.6 Å². The van der Waals surface area contributed by atoms with Gasteiger partial charge in [-0.25, -0.2) is 0 Å².